The first-order valence-electron chi connectivity index (χ1n) is 8.90. The number of imidazole rings is 1. The van der Waals surface area contributed by atoms with Crippen molar-refractivity contribution in [2.75, 3.05) is 0 Å². The number of hydrogen-bond acceptors (Lipinski definition) is 5. The van der Waals surface area contributed by atoms with Crippen molar-refractivity contribution in [3.63, 3.8) is 0 Å². The van der Waals surface area contributed by atoms with Crippen LogP contribution in [0.2, 0.25) is 5.02 Å². The zero-order chi connectivity index (χ0) is 21.7. The number of aromatic nitrogens is 4. The van der Waals surface area contributed by atoms with Crippen LogP contribution in [-0.4, -0.2) is 42.9 Å². The largest absolute Gasteiger partial charge is 0.465 e. The van der Waals surface area contributed by atoms with E-state index in [1.165, 1.54) is 6.20 Å². The number of halogens is 1. The van der Waals surface area contributed by atoms with Crippen LogP contribution in [-0.2, 0) is 13.1 Å². The van der Waals surface area contributed by atoms with Gasteiger partial charge in [-0.1, -0.05) is 17.7 Å². The summed E-state index contributed by atoms with van der Waals surface area (Å²) in [7, 11) is 0. The van der Waals surface area contributed by atoms with Crippen LogP contribution in [0.15, 0.2) is 36.7 Å². The Kier molecular flexibility index (Phi) is 6.34. The molecule has 2 aromatic heterocycles. The SMILES string of the molecule is CC(Cn1ccc(-c2ccc(C#N)c(Cl)c2)n1)NC(=O)c1cnc(CNC(=O)O)[nH]1. The maximum Gasteiger partial charge on any atom is 0.405 e. The number of nitrogens with zero attached hydrogens (tertiary/aromatic N) is 4. The Hall–Kier alpha value is -3.84. The quantitative estimate of drug-likeness (QED) is 0.454. The van der Waals surface area contributed by atoms with Gasteiger partial charge in [0, 0.05) is 17.8 Å². The van der Waals surface area contributed by atoms with Gasteiger partial charge in [0.15, 0.2) is 0 Å². The Balaban J connectivity index is 1.58. The van der Waals surface area contributed by atoms with E-state index in [-0.39, 0.29) is 24.2 Å². The minimum Gasteiger partial charge on any atom is -0.465 e. The summed E-state index contributed by atoms with van der Waals surface area (Å²) < 4.78 is 1.70. The van der Waals surface area contributed by atoms with Crippen LogP contribution in [0.4, 0.5) is 4.79 Å². The third kappa shape index (κ3) is 5.15. The van der Waals surface area contributed by atoms with Crippen LogP contribution in [0, 0.1) is 11.3 Å². The third-order valence-corrected chi connectivity index (χ3v) is 4.46. The summed E-state index contributed by atoms with van der Waals surface area (Å²) in [4.78, 5) is 29.6. The van der Waals surface area contributed by atoms with Crippen LogP contribution in [0.25, 0.3) is 11.3 Å². The molecule has 10 nitrogen and oxygen atoms in total. The van der Waals surface area contributed by atoms with Crippen LogP contribution in [0.1, 0.15) is 28.8 Å². The Bertz CT molecular complexity index is 1120. The van der Waals surface area contributed by atoms with E-state index < -0.39 is 6.09 Å². The third-order valence-electron chi connectivity index (χ3n) is 4.14. The summed E-state index contributed by atoms with van der Waals surface area (Å²) in [5.74, 6) is -0.0178. The topological polar surface area (TPSA) is 149 Å². The number of hydrogen-bond donors (Lipinski definition) is 4. The lowest BCUT2D eigenvalue weighted by atomic mass is 10.1. The fourth-order valence-corrected chi connectivity index (χ4v) is 2.96. The summed E-state index contributed by atoms with van der Waals surface area (Å²) in [5.41, 5.74) is 2.12. The second kappa shape index (κ2) is 9.11. The Morgan fingerprint density at radius 2 is 2.20 bits per heavy atom. The van der Waals surface area contributed by atoms with Gasteiger partial charge in [-0.25, -0.2) is 9.78 Å². The molecule has 0 fully saturated rings. The van der Waals surface area contributed by atoms with E-state index in [1.54, 1.807) is 29.1 Å². The average molecular weight is 428 g/mol. The van der Waals surface area contributed by atoms with Crippen molar-refractivity contribution in [2.45, 2.75) is 26.1 Å². The van der Waals surface area contributed by atoms with Gasteiger partial charge in [-0.2, -0.15) is 10.4 Å². The molecule has 1 aromatic carbocycles. The van der Waals surface area contributed by atoms with Gasteiger partial charge in [-0.05, 0) is 25.1 Å². The summed E-state index contributed by atoms with van der Waals surface area (Å²) in [6, 6.07) is 8.71. The van der Waals surface area contributed by atoms with Gasteiger partial charge in [0.1, 0.15) is 17.6 Å². The Labute approximate surface area is 176 Å². The molecule has 11 heteroatoms. The summed E-state index contributed by atoms with van der Waals surface area (Å²) in [6.45, 7) is 2.24. The molecule has 0 aliphatic rings. The molecule has 0 spiro atoms. The molecule has 1 atom stereocenters. The highest BCUT2D eigenvalue weighted by Crippen LogP contribution is 2.24. The zero-order valence-electron chi connectivity index (χ0n) is 15.9. The highest BCUT2D eigenvalue weighted by molar-refractivity contribution is 6.32. The minimum absolute atomic E-state index is 0.0202. The van der Waals surface area contributed by atoms with E-state index in [1.807, 2.05) is 19.1 Å². The van der Waals surface area contributed by atoms with Crippen LogP contribution in [0.3, 0.4) is 0 Å². The van der Waals surface area contributed by atoms with Crippen molar-refractivity contribution >= 4 is 23.6 Å². The zero-order valence-corrected chi connectivity index (χ0v) is 16.6. The van der Waals surface area contributed by atoms with Crippen molar-refractivity contribution in [2.24, 2.45) is 0 Å². The van der Waals surface area contributed by atoms with E-state index in [9.17, 15) is 9.59 Å². The van der Waals surface area contributed by atoms with E-state index in [2.05, 4.69) is 25.7 Å². The van der Waals surface area contributed by atoms with Gasteiger partial charge in [-0.3, -0.25) is 9.48 Å². The Morgan fingerprint density at radius 3 is 2.90 bits per heavy atom. The lowest BCUT2D eigenvalue weighted by Gasteiger charge is -2.13. The number of carbonyl (C=O) groups is 2. The smallest absolute Gasteiger partial charge is 0.405 e. The van der Waals surface area contributed by atoms with Crippen molar-refractivity contribution < 1.29 is 14.7 Å². The number of H-pyrrole nitrogens is 1. The maximum atomic E-state index is 12.3. The van der Waals surface area contributed by atoms with Gasteiger partial charge in [0.2, 0.25) is 0 Å². The van der Waals surface area contributed by atoms with Gasteiger partial charge in [0.25, 0.3) is 5.91 Å². The summed E-state index contributed by atoms with van der Waals surface area (Å²) >= 11 is 6.08. The van der Waals surface area contributed by atoms with Gasteiger partial charge < -0.3 is 20.7 Å². The first-order valence-corrected chi connectivity index (χ1v) is 9.28. The Morgan fingerprint density at radius 1 is 1.40 bits per heavy atom. The number of benzene rings is 1. The first kappa shape index (κ1) is 20.9. The first-order chi connectivity index (χ1) is 14.4. The predicted molar refractivity (Wildman–Crippen MR) is 108 cm³/mol. The normalized spacial score (nSPS) is 11.5. The molecule has 4 N–H and O–H groups in total. The molecule has 3 aromatic rings. The number of carbonyl (C=O) groups excluding carboxylic acids is 1. The van der Waals surface area contributed by atoms with Crippen molar-refractivity contribution in [1.82, 2.24) is 30.4 Å². The van der Waals surface area contributed by atoms with E-state index in [4.69, 9.17) is 22.0 Å². The molecule has 30 heavy (non-hydrogen) atoms. The van der Waals surface area contributed by atoms with Gasteiger partial charge >= 0.3 is 6.09 Å². The minimum atomic E-state index is -1.17. The molecule has 1 unspecified atom stereocenters. The van der Waals surface area contributed by atoms with Crippen molar-refractivity contribution in [3.05, 3.63) is 58.8 Å². The van der Waals surface area contributed by atoms with Crippen molar-refractivity contribution in [1.29, 1.82) is 5.26 Å². The molecule has 0 radical (unpaired) electrons. The highest BCUT2D eigenvalue weighted by atomic mass is 35.5. The monoisotopic (exact) mass is 427 g/mol. The number of carboxylic acid groups (broad SMARTS) is 1. The average Bonchev–Trinajstić information content (AvgIpc) is 3.36. The number of nitriles is 1. The van der Waals surface area contributed by atoms with Gasteiger partial charge in [0.05, 0.1) is 35.6 Å². The highest BCUT2D eigenvalue weighted by Gasteiger charge is 2.14. The summed E-state index contributed by atoms with van der Waals surface area (Å²) in [5, 5.41) is 27.4. The molecular formula is C19H18ClN7O3. The molecule has 2 heterocycles. The molecular weight excluding hydrogens is 410 g/mol. The summed E-state index contributed by atoms with van der Waals surface area (Å²) in [6.07, 6.45) is 1.96. The molecule has 0 aliphatic heterocycles. The molecule has 0 saturated carbocycles. The van der Waals surface area contributed by atoms with Crippen LogP contribution >= 0.6 is 11.6 Å². The second-order valence-corrected chi connectivity index (χ2v) is 6.91. The second-order valence-electron chi connectivity index (χ2n) is 6.51. The van der Waals surface area contributed by atoms with E-state index in [0.29, 0.717) is 28.6 Å². The van der Waals surface area contributed by atoms with Crippen LogP contribution in [0.5, 0.6) is 0 Å². The molecule has 3 rings (SSSR count). The predicted octanol–water partition coefficient (Wildman–Crippen LogP) is 2.38. The number of amides is 2. The van der Waals surface area contributed by atoms with E-state index in [0.717, 1.165) is 5.56 Å². The number of nitrogens with one attached hydrogen (secondary N) is 3. The standard InChI is InChI=1S/C19H18ClN7O3/c1-11(24-18(28)16-8-22-17(25-16)9-23-19(29)30)10-27-5-4-15(26-27)12-2-3-13(7-21)14(20)6-12/h2-6,8,11,23H,9-10H2,1H3,(H,22,25)(H,24,28)(H,29,30). The molecule has 0 bridgehead atoms. The van der Waals surface area contributed by atoms with Gasteiger partial charge in [-0.15, -0.1) is 0 Å². The molecule has 0 aliphatic carbocycles. The lowest BCUT2D eigenvalue weighted by Crippen LogP contribution is -2.36. The molecule has 154 valence electrons. The fourth-order valence-electron chi connectivity index (χ4n) is 2.74. The molecule has 0 saturated heterocycles. The van der Waals surface area contributed by atoms with Crippen molar-refractivity contribution in [3.8, 4) is 17.3 Å². The number of rotatable bonds is 7. The van der Waals surface area contributed by atoms with Crippen LogP contribution < -0.4 is 10.6 Å². The lowest BCUT2D eigenvalue weighted by molar-refractivity contribution is 0.0931. The molecule has 2 amide bonds. The maximum absolute atomic E-state index is 12.3. The fraction of sp³-hybridized carbons (Fsp3) is 0.211. The van der Waals surface area contributed by atoms with E-state index >= 15 is 0 Å². The number of aromatic amines is 1.